The summed E-state index contributed by atoms with van der Waals surface area (Å²) in [4.78, 5) is 18.5. The van der Waals surface area contributed by atoms with Crippen LogP contribution in [0.2, 0.25) is 0 Å². The van der Waals surface area contributed by atoms with Gasteiger partial charge >= 0.3 is 0 Å². The summed E-state index contributed by atoms with van der Waals surface area (Å²) in [6, 6.07) is 7.73. The maximum Gasteiger partial charge on any atom is 0.245 e. The molecular weight excluding hydrogens is 250 g/mol. The van der Waals surface area contributed by atoms with E-state index in [1.54, 1.807) is 11.1 Å². The van der Waals surface area contributed by atoms with E-state index in [0.29, 0.717) is 6.54 Å². The fourth-order valence-electron chi connectivity index (χ4n) is 2.38. The van der Waals surface area contributed by atoms with E-state index >= 15 is 0 Å². The van der Waals surface area contributed by atoms with E-state index in [1.807, 2.05) is 62.1 Å². The third kappa shape index (κ3) is 3.26. The summed E-state index contributed by atoms with van der Waals surface area (Å²) in [5.41, 5.74) is 2.08. The normalized spacial score (nSPS) is 12.2. The minimum atomic E-state index is -0.127. The van der Waals surface area contributed by atoms with Gasteiger partial charge in [-0.3, -0.25) is 9.78 Å². The number of likely N-dealkylation sites (N-methyl/N-ethyl adjacent to an activating group) is 1. The van der Waals surface area contributed by atoms with E-state index in [1.165, 1.54) is 0 Å². The van der Waals surface area contributed by atoms with Crippen LogP contribution in [0.1, 0.15) is 30.6 Å². The fraction of sp³-hybridized carbons (Fsp3) is 0.375. The minimum absolute atomic E-state index is 0.127. The molecule has 2 heterocycles. The summed E-state index contributed by atoms with van der Waals surface area (Å²) in [7, 11) is 1.85. The zero-order chi connectivity index (χ0) is 14.5. The van der Waals surface area contributed by atoms with Gasteiger partial charge in [0.1, 0.15) is 6.04 Å². The number of carbonyl (C=O) groups is 1. The van der Waals surface area contributed by atoms with Gasteiger partial charge in [-0.25, -0.2) is 0 Å². The average Bonchev–Trinajstić information content (AvgIpc) is 2.93. The Kier molecular flexibility index (Phi) is 4.56. The van der Waals surface area contributed by atoms with Gasteiger partial charge in [0, 0.05) is 37.9 Å². The van der Waals surface area contributed by atoms with E-state index < -0.39 is 0 Å². The van der Waals surface area contributed by atoms with E-state index in [4.69, 9.17) is 0 Å². The number of pyridine rings is 1. The molecule has 0 spiro atoms. The molecule has 0 aliphatic carbocycles. The van der Waals surface area contributed by atoms with Crippen LogP contribution in [0.3, 0.4) is 0 Å². The van der Waals surface area contributed by atoms with Crippen molar-refractivity contribution in [3.8, 4) is 0 Å². The van der Waals surface area contributed by atoms with Gasteiger partial charge in [-0.15, -0.1) is 0 Å². The molecule has 0 bridgehead atoms. The average molecular weight is 271 g/mol. The highest BCUT2D eigenvalue weighted by molar-refractivity contribution is 5.80. The Bertz CT molecular complexity index is 563. The van der Waals surface area contributed by atoms with Crippen molar-refractivity contribution in [2.24, 2.45) is 0 Å². The first-order valence-electron chi connectivity index (χ1n) is 6.90. The predicted molar refractivity (Wildman–Crippen MR) is 79.2 cm³/mol. The van der Waals surface area contributed by atoms with Crippen molar-refractivity contribution in [3.05, 3.63) is 54.1 Å². The van der Waals surface area contributed by atoms with E-state index in [9.17, 15) is 4.79 Å². The zero-order valence-corrected chi connectivity index (χ0v) is 12.3. The fourth-order valence-corrected chi connectivity index (χ4v) is 2.38. The van der Waals surface area contributed by atoms with E-state index in [-0.39, 0.29) is 11.9 Å². The van der Waals surface area contributed by atoms with Gasteiger partial charge in [0.2, 0.25) is 5.91 Å². The largest absolute Gasteiger partial charge is 0.342 e. The van der Waals surface area contributed by atoms with Crippen LogP contribution in [0.4, 0.5) is 0 Å². The van der Waals surface area contributed by atoms with Gasteiger partial charge in [0.05, 0.1) is 0 Å². The van der Waals surface area contributed by atoms with Crippen LogP contribution in [-0.2, 0) is 11.3 Å². The van der Waals surface area contributed by atoms with Crippen molar-refractivity contribution >= 4 is 5.91 Å². The van der Waals surface area contributed by atoms with Crippen molar-refractivity contribution in [2.75, 3.05) is 7.05 Å². The molecular formula is C16H21N3O. The molecule has 4 nitrogen and oxygen atoms in total. The molecule has 0 fully saturated rings. The summed E-state index contributed by atoms with van der Waals surface area (Å²) in [5.74, 6) is 0.137. The standard InChI is InChI=1S/C16H21N3O/c1-4-15(19-9-5-6-10-19)16(20)18(3)12-14-7-8-17-13(2)11-14/h5-11,15H,4,12H2,1-3H3/t15-/m1/s1. The van der Waals surface area contributed by atoms with Gasteiger partial charge in [0.15, 0.2) is 0 Å². The third-order valence-corrected chi connectivity index (χ3v) is 3.42. The number of amides is 1. The Labute approximate surface area is 120 Å². The molecule has 0 aromatic carbocycles. The summed E-state index contributed by atoms with van der Waals surface area (Å²) in [5, 5.41) is 0. The number of carbonyl (C=O) groups excluding carboxylic acids is 1. The SMILES string of the molecule is CC[C@H](C(=O)N(C)Cc1ccnc(C)c1)n1cccc1. The Morgan fingerprint density at radius 2 is 2.10 bits per heavy atom. The van der Waals surface area contributed by atoms with Crippen molar-refractivity contribution < 1.29 is 4.79 Å². The molecule has 1 amide bonds. The molecule has 20 heavy (non-hydrogen) atoms. The van der Waals surface area contributed by atoms with Gasteiger partial charge in [-0.1, -0.05) is 6.92 Å². The summed E-state index contributed by atoms with van der Waals surface area (Å²) >= 11 is 0. The molecule has 4 heteroatoms. The lowest BCUT2D eigenvalue weighted by Crippen LogP contribution is -2.33. The van der Waals surface area contributed by atoms with E-state index in [0.717, 1.165) is 17.7 Å². The number of rotatable bonds is 5. The lowest BCUT2D eigenvalue weighted by Gasteiger charge is -2.24. The highest BCUT2D eigenvalue weighted by Gasteiger charge is 2.21. The first-order valence-corrected chi connectivity index (χ1v) is 6.90. The second-order valence-electron chi connectivity index (χ2n) is 5.05. The smallest absolute Gasteiger partial charge is 0.245 e. The number of nitrogens with zero attached hydrogens (tertiary/aromatic N) is 3. The first-order chi connectivity index (χ1) is 9.61. The zero-order valence-electron chi connectivity index (χ0n) is 12.3. The molecule has 0 unspecified atom stereocenters. The lowest BCUT2D eigenvalue weighted by molar-refractivity contribution is -0.134. The summed E-state index contributed by atoms with van der Waals surface area (Å²) < 4.78 is 1.97. The van der Waals surface area contributed by atoms with Crippen LogP contribution in [0.15, 0.2) is 42.9 Å². The molecule has 2 rings (SSSR count). The van der Waals surface area contributed by atoms with Crippen LogP contribution in [0, 0.1) is 6.92 Å². The summed E-state index contributed by atoms with van der Waals surface area (Å²) in [6.45, 7) is 4.60. The quantitative estimate of drug-likeness (QED) is 0.838. The summed E-state index contributed by atoms with van der Waals surface area (Å²) in [6.07, 6.45) is 6.45. The van der Waals surface area contributed by atoms with Crippen molar-refractivity contribution in [1.82, 2.24) is 14.5 Å². The van der Waals surface area contributed by atoms with Crippen LogP contribution in [0.5, 0.6) is 0 Å². The molecule has 0 N–H and O–H groups in total. The molecule has 0 aliphatic rings. The number of aromatic nitrogens is 2. The van der Waals surface area contributed by atoms with E-state index in [2.05, 4.69) is 4.98 Å². The Hall–Kier alpha value is -2.10. The molecule has 106 valence electrons. The predicted octanol–water partition coefficient (Wildman–Crippen LogP) is 2.80. The van der Waals surface area contributed by atoms with Gasteiger partial charge in [-0.05, 0) is 43.2 Å². The maximum absolute atomic E-state index is 12.6. The monoisotopic (exact) mass is 271 g/mol. The lowest BCUT2D eigenvalue weighted by atomic mass is 10.1. The maximum atomic E-state index is 12.6. The number of hydrogen-bond acceptors (Lipinski definition) is 2. The van der Waals surface area contributed by atoms with Gasteiger partial charge in [-0.2, -0.15) is 0 Å². The highest BCUT2D eigenvalue weighted by atomic mass is 16.2. The molecule has 0 saturated carbocycles. The van der Waals surface area contributed by atoms with Crippen molar-refractivity contribution in [1.29, 1.82) is 0 Å². The molecule has 0 aliphatic heterocycles. The number of aryl methyl sites for hydroxylation is 1. The second-order valence-corrected chi connectivity index (χ2v) is 5.05. The number of hydrogen-bond donors (Lipinski definition) is 0. The molecule has 2 aromatic heterocycles. The molecule has 0 saturated heterocycles. The van der Waals surface area contributed by atoms with Gasteiger partial charge < -0.3 is 9.47 Å². The van der Waals surface area contributed by atoms with Crippen molar-refractivity contribution in [2.45, 2.75) is 32.9 Å². The minimum Gasteiger partial charge on any atom is -0.342 e. The highest BCUT2D eigenvalue weighted by Crippen LogP contribution is 2.16. The van der Waals surface area contributed by atoms with Crippen LogP contribution >= 0.6 is 0 Å². The Balaban J connectivity index is 2.08. The van der Waals surface area contributed by atoms with Crippen molar-refractivity contribution in [3.63, 3.8) is 0 Å². The second kappa shape index (κ2) is 6.37. The molecule has 0 radical (unpaired) electrons. The Morgan fingerprint density at radius 1 is 1.40 bits per heavy atom. The molecule has 2 aromatic rings. The topological polar surface area (TPSA) is 38.1 Å². The van der Waals surface area contributed by atoms with Crippen LogP contribution < -0.4 is 0 Å². The van der Waals surface area contributed by atoms with Crippen LogP contribution in [-0.4, -0.2) is 27.4 Å². The molecule has 1 atom stereocenters. The first kappa shape index (κ1) is 14.3. The Morgan fingerprint density at radius 3 is 2.70 bits per heavy atom. The third-order valence-electron chi connectivity index (χ3n) is 3.42. The van der Waals surface area contributed by atoms with Gasteiger partial charge in [0.25, 0.3) is 0 Å². The van der Waals surface area contributed by atoms with Crippen LogP contribution in [0.25, 0.3) is 0 Å².